The Labute approximate surface area is 188 Å². The number of furan rings is 1. The topological polar surface area (TPSA) is 99.7 Å². The summed E-state index contributed by atoms with van der Waals surface area (Å²) >= 11 is 6.31. The van der Waals surface area contributed by atoms with E-state index < -0.39 is 0 Å². The van der Waals surface area contributed by atoms with Crippen molar-refractivity contribution in [3.05, 3.63) is 68.9 Å². The number of nitrogens with zero attached hydrogens (tertiary/aromatic N) is 4. The minimum absolute atomic E-state index is 0.238. The third kappa shape index (κ3) is 3.77. The maximum absolute atomic E-state index is 12.1. The van der Waals surface area contributed by atoms with E-state index in [0.29, 0.717) is 47.8 Å². The Kier molecular flexibility index (Phi) is 5.21. The van der Waals surface area contributed by atoms with Crippen LogP contribution in [0.2, 0.25) is 5.02 Å². The van der Waals surface area contributed by atoms with Crippen LogP contribution in [0.25, 0.3) is 22.6 Å². The van der Waals surface area contributed by atoms with Crippen molar-refractivity contribution in [1.82, 2.24) is 9.88 Å². The van der Waals surface area contributed by atoms with Crippen molar-refractivity contribution in [2.45, 2.75) is 13.5 Å². The maximum atomic E-state index is 12.1. The van der Waals surface area contributed by atoms with Crippen LogP contribution in [0.15, 0.2) is 54.6 Å². The van der Waals surface area contributed by atoms with Gasteiger partial charge < -0.3 is 18.2 Å². The van der Waals surface area contributed by atoms with Gasteiger partial charge in [0.25, 0.3) is 5.89 Å². The number of piperazine rings is 1. The Morgan fingerprint density at radius 3 is 2.72 bits per heavy atom. The molecule has 1 aliphatic rings. The van der Waals surface area contributed by atoms with Crippen molar-refractivity contribution >= 4 is 28.5 Å². The van der Waals surface area contributed by atoms with E-state index in [1.54, 1.807) is 18.2 Å². The number of benzene rings is 1. The molecule has 0 saturated carbocycles. The fourth-order valence-electron chi connectivity index (χ4n) is 3.93. The number of halogens is 1. The highest BCUT2D eigenvalue weighted by atomic mass is 35.5. The fourth-order valence-corrected chi connectivity index (χ4v) is 4.10. The van der Waals surface area contributed by atoms with Crippen molar-refractivity contribution in [2.24, 2.45) is 0 Å². The smallest absolute Gasteiger partial charge is 0.336 e. The molecule has 0 atom stereocenters. The molecule has 0 spiro atoms. The van der Waals surface area contributed by atoms with E-state index in [0.717, 1.165) is 29.6 Å². The van der Waals surface area contributed by atoms with Crippen LogP contribution in [-0.4, -0.2) is 36.1 Å². The first-order valence-electron chi connectivity index (χ1n) is 10.2. The molecule has 32 heavy (non-hydrogen) atoms. The molecule has 5 rings (SSSR count). The third-order valence-corrected chi connectivity index (χ3v) is 6.02. The van der Waals surface area contributed by atoms with E-state index >= 15 is 0 Å². The first kappa shape index (κ1) is 20.4. The highest BCUT2D eigenvalue weighted by molar-refractivity contribution is 6.32. The standard InChI is InChI=1S/C23H19ClN4O4/c1-14-9-20-16(11-17(14)24)15(10-21(29)31-20)13-27-4-6-28(7-5-27)23-18(12-25)26-22(32-23)19-3-2-8-30-19/h2-3,8-11H,4-7,13H2,1H3. The molecule has 4 aromatic rings. The second kappa shape index (κ2) is 8.19. The van der Waals surface area contributed by atoms with E-state index in [9.17, 15) is 10.1 Å². The number of oxazole rings is 1. The van der Waals surface area contributed by atoms with E-state index in [1.807, 2.05) is 17.9 Å². The molecule has 162 valence electrons. The van der Waals surface area contributed by atoms with Crippen molar-refractivity contribution in [3.8, 4) is 17.7 Å². The number of fused-ring (bicyclic) bond motifs is 1. The zero-order valence-corrected chi connectivity index (χ0v) is 18.1. The lowest BCUT2D eigenvalue weighted by molar-refractivity contribution is 0.246. The zero-order chi connectivity index (χ0) is 22.2. The zero-order valence-electron chi connectivity index (χ0n) is 17.3. The highest BCUT2D eigenvalue weighted by Crippen LogP contribution is 2.30. The van der Waals surface area contributed by atoms with Gasteiger partial charge >= 0.3 is 5.63 Å². The van der Waals surface area contributed by atoms with Crippen LogP contribution in [0.3, 0.4) is 0 Å². The molecular formula is C23H19ClN4O4. The molecule has 1 aromatic carbocycles. The predicted molar refractivity (Wildman–Crippen MR) is 119 cm³/mol. The summed E-state index contributed by atoms with van der Waals surface area (Å²) in [4.78, 5) is 20.6. The number of aromatic nitrogens is 1. The van der Waals surface area contributed by atoms with Gasteiger partial charge in [0.15, 0.2) is 5.76 Å². The van der Waals surface area contributed by atoms with Crippen molar-refractivity contribution in [2.75, 3.05) is 31.1 Å². The summed E-state index contributed by atoms with van der Waals surface area (Å²) in [5, 5.41) is 11.0. The normalized spacial score (nSPS) is 14.7. The Balaban J connectivity index is 1.34. The fraction of sp³-hybridized carbons (Fsp3) is 0.261. The van der Waals surface area contributed by atoms with E-state index in [1.165, 1.54) is 12.3 Å². The lowest BCUT2D eigenvalue weighted by Gasteiger charge is -2.34. The van der Waals surface area contributed by atoms with Crippen LogP contribution in [0.5, 0.6) is 0 Å². The maximum Gasteiger partial charge on any atom is 0.336 e. The van der Waals surface area contributed by atoms with Crippen LogP contribution in [-0.2, 0) is 6.54 Å². The van der Waals surface area contributed by atoms with Crippen molar-refractivity contribution in [3.63, 3.8) is 0 Å². The summed E-state index contributed by atoms with van der Waals surface area (Å²) in [5.74, 6) is 1.22. The third-order valence-electron chi connectivity index (χ3n) is 5.61. The molecule has 0 unspecified atom stereocenters. The summed E-state index contributed by atoms with van der Waals surface area (Å²) in [6.45, 7) is 5.23. The van der Waals surface area contributed by atoms with Crippen LogP contribution in [0.1, 0.15) is 16.8 Å². The summed E-state index contributed by atoms with van der Waals surface area (Å²) in [5.41, 5.74) is 2.14. The summed E-state index contributed by atoms with van der Waals surface area (Å²) < 4.78 is 16.5. The lowest BCUT2D eigenvalue weighted by atomic mass is 10.1. The van der Waals surface area contributed by atoms with Gasteiger partial charge in [0.2, 0.25) is 11.6 Å². The molecule has 0 amide bonds. The molecule has 8 nitrogen and oxygen atoms in total. The molecule has 1 fully saturated rings. The Morgan fingerprint density at radius 2 is 2.00 bits per heavy atom. The largest absolute Gasteiger partial charge is 0.459 e. The molecule has 9 heteroatoms. The molecule has 0 aliphatic carbocycles. The Morgan fingerprint density at radius 1 is 1.19 bits per heavy atom. The van der Waals surface area contributed by atoms with Crippen LogP contribution < -0.4 is 10.5 Å². The Bertz CT molecular complexity index is 1380. The van der Waals surface area contributed by atoms with Gasteiger partial charge in [-0.15, -0.1) is 0 Å². The average molecular weight is 451 g/mol. The van der Waals surface area contributed by atoms with Crippen LogP contribution in [0.4, 0.5) is 5.88 Å². The molecule has 0 N–H and O–H groups in total. The SMILES string of the molecule is Cc1cc2oc(=O)cc(CN3CCN(c4oc(-c5ccco5)nc4C#N)CC3)c2cc1Cl. The van der Waals surface area contributed by atoms with Gasteiger partial charge in [-0.1, -0.05) is 11.6 Å². The quantitative estimate of drug-likeness (QED) is 0.426. The van der Waals surface area contributed by atoms with Crippen LogP contribution >= 0.6 is 11.6 Å². The number of hydrogen-bond acceptors (Lipinski definition) is 8. The van der Waals surface area contributed by atoms with E-state index in [-0.39, 0.29) is 11.3 Å². The average Bonchev–Trinajstić information content (AvgIpc) is 3.45. The molecule has 3 aromatic heterocycles. The minimum Gasteiger partial charge on any atom is -0.459 e. The number of aryl methyl sites for hydroxylation is 1. The van der Waals surface area contributed by atoms with Gasteiger partial charge in [-0.05, 0) is 42.3 Å². The number of rotatable bonds is 4. The van der Waals surface area contributed by atoms with Crippen LogP contribution in [0, 0.1) is 18.3 Å². The molecular weight excluding hydrogens is 432 g/mol. The monoisotopic (exact) mass is 450 g/mol. The second-order valence-corrected chi connectivity index (χ2v) is 8.12. The van der Waals surface area contributed by atoms with Crippen molar-refractivity contribution < 1.29 is 13.3 Å². The molecule has 0 radical (unpaired) electrons. The highest BCUT2D eigenvalue weighted by Gasteiger charge is 2.25. The molecule has 1 aliphatic heterocycles. The number of anilines is 1. The molecule has 1 saturated heterocycles. The van der Waals surface area contributed by atoms with Gasteiger partial charge in [-0.25, -0.2) is 4.79 Å². The summed E-state index contributed by atoms with van der Waals surface area (Å²) in [6.07, 6.45) is 1.53. The lowest BCUT2D eigenvalue weighted by Crippen LogP contribution is -2.46. The summed E-state index contributed by atoms with van der Waals surface area (Å²) in [7, 11) is 0. The predicted octanol–water partition coefficient (Wildman–Crippen LogP) is 4.20. The van der Waals surface area contributed by atoms with Gasteiger partial charge in [-0.3, -0.25) is 4.90 Å². The van der Waals surface area contributed by atoms with Gasteiger partial charge in [0.1, 0.15) is 11.7 Å². The van der Waals surface area contributed by atoms with E-state index in [2.05, 4.69) is 16.0 Å². The second-order valence-electron chi connectivity index (χ2n) is 7.71. The van der Waals surface area contributed by atoms with Gasteiger partial charge in [0, 0.05) is 49.2 Å². The van der Waals surface area contributed by atoms with Crippen molar-refractivity contribution in [1.29, 1.82) is 5.26 Å². The van der Waals surface area contributed by atoms with Gasteiger partial charge in [0.05, 0.1) is 6.26 Å². The number of hydrogen-bond donors (Lipinski definition) is 0. The molecule has 4 heterocycles. The molecule has 0 bridgehead atoms. The summed E-state index contributed by atoms with van der Waals surface area (Å²) in [6, 6.07) is 10.8. The Hall–Kier alpha value is -3.54. The first-order chi connectivity index (χ1) is 15.5. The first-order valence-corrected chi connectivity index (χ1v) is 10.5. The van der Waals surface area contributed by atoms with E-state index in [4.69, 9.17) is 24.9 Å². The van der Waals surface area contributed by atoms with Gasteiger partial charge in [-0.2, -0.15) is 10.2 Å². The minimum atomic E-state index is -0.376. The number of nitriles is 1.